The summed E-state index contributed by atoms with van der Waals surface area (Å²) in [6.07, 6.45) is 0. The maximum Gasteiger partial charge on any atom is 0.321 e. The Labute approximate surface area is 174 Å². The highest BCUT2D eigenvalue weighted by Gasteiger charge is 2.21. The number of anilines is 2. The van der Waals surface area contributed by atoms with E-state index in [-0.39, 0.29) is 11.9 Å². The molecule has 0 radical (unpaired) electrons. The molecule has 7 heteroatoms. The first-order chi connectivity index (χ1) is 14.5. The first-order valence-electron chi connectivity index (χ1n) is 9.64. The summed E-state index contributed by atoms with van der Waals surface area (Å²) in [5.41, 5.74) is 5.27. The van der Waals surface area contributed by atoms with Crippen LogP contribution in [0.15, 0.2) is 54.6 Å². The molecule has 0 bridgehead atoms. The van der Waals surface area contributed by atoms with E-state index in [1.165, 1.54) is 0 Å². The van der Waals surface area contributed by atoms with E-state index in [2.05, 4.69) is 16.7 Å². The van der Waals surface area contributed by atoms with E-state index in [4.69, 9.17) is 5.26 Å². The van der Waals surface area contributed by atoms with Crippen molar-refractivity contribution in [1.82, 2.24) is 9.88 Å². The van der Waals surface area contributed by atoms with Crippen LogP contribution >= 0.6 is 0 Å². The molecule has 0 spiro atoms. The lowest BCUT2D eigenvalue weighted by molar-refractivity contribution is 0.102. The zero-order chi connectivity index (χ0) is 21.3. The van der Waals surface area contributed by atoms with Gasteiger partial charge in [-0.25, -0.2) is 4.79 Å². The Balaban J connectivity index is 1.54. The minimum absolute atomic E-state index is 0.109. The van der Waals surface area contributed by atoms with Gasteiger partial charge < -0.3 is 15.2 Å². The third-order valence-electron chi connectivity index (χ3n) is 5.22. The van der Waals surface area contributed by atoms with Gasteiger partial charge >= 0.3 is 6.03 Å². The van der Waals surface area contributed by atoms with Crippen LogP contribution in [-0.4, -0.2) is 29.6 Å². The largest absolute Gasteiger partial charge is 0.336 e. The van der Waals surface area contributed by atoms with E-state index in [1.807, 2.05) is 48.7 Å². The molecule has 3 amide bonds. The lowest BCUT2D eigenvalue weighted by Crippen LogP contribution is -2.27. The molecule has 150 valence electrons. The molecule has 0 unspecified atom stereocenters. The molecule has 0 saturated carbocycles. The number of nitrogens with one attached hydrogen (secondary N) is 2. The monoisotopic (exact) mass is 399 g/mol. The molecule has 1 aromatic heterocycles. The molecule has 1 aliphatic heterocycles. The quantitative estimate of drug-likeness (QED) is 0.700. The van der Waals surface area contributed by atoms with Crippen LogP contribution in [0.4, 0.5) is 16.2 Å². The molecule has 1 fully saturated rings. The van der Waals surface area contributed by atoms with Gasteiger partial charge in [0.05, 0.1) is 17.2 Å². The van der Waals surface area contributed by atoms with Gasteiger partial charge in [0.2, 0.25) is 0 Å². The number of nitrogens with zero attached hydrogens (tertiary/aromatic N) is 3. The lowest BCUT2D eigenvalue weighted by Gasteiger charge is -2.15. The number of hydrogen-bond donors (Lipinski definition) is 2. The van der Waals surface area contributed by atoms with E-state index in [9.17, 15) is 9.59 Å². The van der Waals surface area contributed by atoms with Crippen molar-refractivity contribution in [3.05, 3.63) is 77.1 Å². The summed E-state index contributed by atoms with van der Waals surface area (Å²) in [6.45, 7) is 5.10. The van der Waals surface area contributed by atoms with Gasteiger partial charge in [-0.3, -0.25) is 9.69 Å². The third kappa shape index (κ3) is 3.51. The molecule has 7 nitrogen and oxygen atoms in total. The van der Waals surface area contributed by atoms with Crippen molar-refractivity contribution >= 4 is 23.3 Å². The highest BCUT2D eigenvalue weighted by molar-refractivity contribution is 6.05. The lowest BCUT2D eigenvalue weighted by atomic mass is 10.2. The smallest absolute Gasteiger partial charge is 0.321 e. The fourth-order valence-electron chi connectivity index (χ4n) is 3.72. The summed E-state index contributed by atoms with van der Waals surface area (Å²) in [6, 6.07) is 18.3. The van der Waals surface area contributed by atoms with Gasteiger partial charge in [-0.15, -0.1) is 0 Å². The van der Waals surface area contributed by atoms with E-state index in [1.54, 1.807) is 29.2 Å². The fourth-order valence-corrected chi connectivity index (χ4v) is 3.72. The number of hydrogen-bond acceptors (Lipinski definition) is 3. The van der Waals surface area contributed by atoms with Crippen molar-refractivity contribution < 1.29 is 9.59 Å². The zero-order valence-corrected chi connectivity index (χ0v) is 16.8. The molecule has 4 rings (SSSR count). The number of amides is 3. The minimum atomic E-state index is -0.199. The molecule has 3 aromatic rings. The van der Waals surface area contributed by atoms with E-state index >= 15 is 0 Å². The van der Waals surface area contributed by atoms with Crippen LogP contribution in [-0.2, 0) is 0 Å². The number of carbonyl (C=O) groups excluding carboxylic acids is 2. The van der Waals surface area contributed by atoms with Crippen LogP contribution in [0.3, 0.4) is 0 Å². The molecule has 2 N–H and O–H groups in total. The summed E-state index contributed by atoms with van der Waals surface area (Å²) >= 11 is 0. The summed E-state index contributed by atoms with van der Waals surface area (Å²) in [7, 11) is 0. The van der Waals surface area contributed by atoms with Crippen molar-refractivity contribution in [1.29, 1.82) is 5.26 Å². The topological polar surface area (TPSA) is 90.2 Å². The number of rotatable bonds is 4. The van der Waals surface area contributed by atoms with Crippen molar-refractivity contribution in [3.63, 3.8) is 0 Å². The zero-order valence-electron chi connectivity index (χ0n) is 16.8. The Hall–Kier alpha value is -4.05. The predicted octanol–water partition coefficient (Wildman–Crippen LogP) is 3.75. The third-order valence-corrected chi connectivity index (χ3v) is 5.22. The standard InChI is InChI=1S/C23H21N5O2/c1-15-13-21(16(2)28(15)20-7-3-17(14-24)4-8-20)22(29)26-18-5-9-19(10-6-18)27-12-11-25-23(27)30/h3-10,13H,11-12H2,1-2H3,(H,25,30)(H,26,29). The van der Waals surface area contributed by atoms with E-state index < -0.39 is 0 Å². The van der Waals surface area contributed by atoms with Gasteiger partial charge in [0, 0.05) is 41.5 Å². The number of nitriles is 1. The second kappa shape index (κ2) is 7.76. The molecule has 2 aromatic carbocycles. The molecular formula is C23H21N5O2. The van der Waals surface area contributed by atoms with Gasteiger partial charge in [0.25, 0.3) is 5.91 Å². The summed E-state index contributed by atoms with van der Waals surface area (Å²) in [4.78, 5) is 26.3. The average molecular weight is 399 g/mol. The highest BCUT2D eigenvalue weighted by atomic mass is 16.2. The first kappa shape index (κ1) is 19.3. The number of aromatic nitrogens is 1. The van der Waals surface area contributed by atoms with Crippen LogP contribution < -0.4 is 15.5 Å². The van der Waals surface area contributed by atoms with E-state index in [0.29, 0.717) is 29.9 Å². The maximum atomic E-state index is 12.9. The Kier molecular flexibility index (Phi) is 4.98. The van der Waals surface area contributed by atoms with Gasteiger partial charge in [0.1, 0.15) is 0 Å². The van der Waals surface area contributed by atoms with Gasteiger partial charge in [-0.05, 0) is 68.4 Å². The van der Waals surface area contributed by atoms with Gasteiger partial charge in [-0.1, -0.05) is 0 Å². The van der Waals surface area contributed by atoms with Crippen molar-refractivity contribution in [2.75, 3.05) is 23.3 Å². The molecule has 0 atom stereocenters. The van der Waals surface area contributed by atoms with E-state index in [0.717, 1.165) is 22.8 Å². The second-order valence-corrected chi connectivity index (χ2v) is 7.16. The molecular weight excluding hydrogens is 378 g/mol. The Morgan fingerprint density at radius 1 is 1.07 bits per heavy atom. The SMILES string of the molecule is Cc1cc(C(=O)Nc2ccc(N3CCNC3=O)cc2)c(C)n1-c1ccc(C#N)cc1. The first-order valence-corrected chi connectivity index (χ1v) is 9.64. The maximum absolute atomic E-state index is 12.9. The molecule has 2 heterocycles. The number of urea groups is 1. The Morgan fingerprint density at radius 2 is 1.73 bits per heavy atom. The van der Waals surface area contributed by atoms with Crippen LogP contribution in [0.1, 0.15) is 27.3 Å². The minimum Gasteiger partial charge on any atom is -0.336 e. The Bertz CT molecular complexity index is 1150. The van der Waals surface area contributed by atoms with Crippen LogP contribution in [0, 0.1) is 25.2 Å². The second-order valence-electron chi connectivity index (χ2n) is 7.16. The van der Waals surface area contributed by atoms with Crippen LogP contribution in [0.2, 0.25) is 0 Å². The fraction of sp³-hybridized carbons (Fsp3) is 0.174. The van der Waals surface area contributed by atoms with Crippen molar-refractivity contribution in [2.24, 2.45) is 0 Å². The highest BCUT2D eigenvalue weighted by Crippen LogP contribution is 2.24. The molecule has 0 aliphatic carbocycles. The number of benzene rings is 2. The molecule has 1 saturated heterocycles. The summed E-state index contributed by atoms with van der Waals surface area (Å²) in [5, 5.41) is 14.7. The molecule has 1 aliphatic rings. The summed E-state index contributed by atoms with van der Waals surface area (Å²) in [5.74, 6) is -0.199. The predicted molar refractivity (Wildman–Crippen MR) is 115 cm³/mol. The van der Waals surface area contributed by atoms with Gasteiger partial charge in [-0.2, -0.15) is 5.26 Å². The van der Waals surface area contributed by atoms with Gasteiger partial charge in [0.15, 0.2) is 0 Å². The van der Waals surface area contributed by atoms with Crippen molar-refractivity contribution in [3.8, 4) is 11.8 Å². The normalized spacial score (nSPS) is 13.1. The number of aryl methyl sites for hydroxylation is 1. The van der Waals surface area contributed by atoms with Crippen LogP contribution in [0.25, 0.3) is 5.69 Å². The Morgan fingerprint density at radius 3 is 2.33 bits per heavy atom. The summed E-state index contributed by atoms with van der Waals surface area (Å²) < 4.78 is 1.99. The number of carbonyl (C=O) groups is 2. The molecule has 30 heavy (non-hydrogen) atoms. The van der Waals surface area contributed by atoms with Crippen molar-refractivity contribution in [2.45, 2.75) is 13.8 Å². The van der Waals surface area contributed by atoms with Crippen LogP contribution in [0.5, 0.6) is 0 Å². The average Bonchev–Trinajstić information content (AvgIpc) is 3.31.